The van der Waals surface area contributed by atoms with Crippen LogP contribution in [0.15, 0.2) is 54.9 Å². The van der Waals surface area contributed by atoms with Gasteiger partial charge in [-0.15, -0.1) is 5.10 Å². The van der Waals surface area contributed by atoms with Gasteiger partial charge in [0, 0.05) is 37.1 Å². The average molecular weight is 518 g/mol. The number of alkyl halides is 5. The Morgan fingerprint density at radius 1 is 1.08 bits per heavy atom. The minimum Gasteiger partial charge on any atom is -0.338 e. The van der Waals surface area contributed by atoms with Crippen molar-refractivity contribution in [3.8, 4) is 11.5 Å². The summed E-state index contributed by atoms with van der Waals surface area (Å²) in [5, 5.41) is 9.96. The molecule has 4 aromatic heterocycles. The molecule has 2 N–H and O–H groups in total. The first-order valence-corrected chi connectivity index (χ1v) is 11.1. The summed E-state index contributed by atoms with van der Waals surface area (Å²) in [5.74, 6) is -2.59. The van der Waals surface area contributed by atoms with Gasteiger partial charge in [0.2, 0.25) is 11.7 Å². The number of rotatable bonds is 7. The zero-order valence-corrected chi connectivity index (χ0v) is 19.0. The van der Waals surface area contributed by atoms with Crippen LogP contribution in [-0.4, -0.2) is 60.9 Å². The minimum absolute atomic E-state index is 0.0272. The van der Waals surface area contributed by atoms with Crippen LogP contribution in [0, 0.1) is 0 Å². The van der Waals surface area contributed by atoms with E-state index in [4.69, 9.17) is 0 Å². The molecular formula is C23H19F5N8O. The third-order valence-corrected chi connectivity index (χ3v) is 5.51. The zero-order valence-electron chi connectivity index (χ0n) is 19.0. The Hall–Kier alpha value is -4.20. The van der Waals surface area contributed by atoms with Crippen LogP contribution in [0.2, 0.25) is 0 Å². The van der Waals surface area contributed by atoms with Gasteiger partial charge in [-0.25, -0.2) is 28.2 Å². The van der Waals surface area contributed by atoms with Crippen LogP contribution >= 0.6 is 0 Å². The van der Waals surface area contributed by atoms with Crippen molar-refractivity contribution in [3.63, 3.8) is 0 Å². The fourth-order valence-corrected chi connectivity index (χ4v) is 3.80. The first-order valence-electron chi connectivity index (χ1n) is 11.1. The SMILES string of the molecule is O=C(CCN1CC(F)(F)C1)Nc1cc(Nc2nc(-c3cccc(C(F)(F)F)n3)nn3cccc23)ccn1. The van der Waals surface area contributed by atoms with Gasteiger partial charge in [0.05, 0.1) is 13.1 Å². The number of halogens is 5. The van der Waals surface area contributed by atoms with E-state index in [-0.39, 0.29) is 55.1 Å². The van der Waals surface area contributed by atoms with Gasteiger partial charge in [-0.2, -0.15) is 13.2 Å². The normalized spacial score (nSPS) is 15.4. The molecule has 4 aromatic rings. The van der Waals surface area contributed by atoms with Crippen LogP contribution in [0.3, 0.4) is 0 Å². The molecule has 5 rings (SSSR count). The highest BCUT2D eigenvalue weighted by molar-refractivity contribution is 5.90. The highest BCUT2D eigenvalue weighted by Crippen LogP contribution is 2.30. The third kappa shape index (κ3) is 5.63. The van der Waals surface area contributed by atoms with Crippen molar-refractivity contribution in [1.82, 2.24) is 29.5 Å². The van der Waals surface area contributed by atoms with Gasteiger partial charge in [0.15, 0.2) is 5.82 Å². The number of nitrogens with zero attached hydrogens (tertiary/aromatic N) is 6. The quantitative estimate of drug-likeness (QED) is 0.353. The van der Waals surface area contributed by atoms with E-state index >= 15 is 0 Å². The number of aromatic nitrogens is 5. The van der Waals surface area contributed by atoms with Gasteiger partial charge in [-0.05, 0) is 30.3 Å². The van der Waals surface area contributed by atoms with Crippen molar-refractivity contribution in [2.75, 3.05) is 30.3 Å². The topological polar surface area (TPSA) is 100 Å². The Morgan fingerprint density at radius 2 is 1.89 bits per heavy atom. The van der Waals surface area contributed by atoms with Gasteiger partial charge in [0.1, 0.15) is 22.7 Å². The molecule has 1 aliphatic heterocycles. The number of likely N-dealkylation sites (tertiary alicyclic amines) is 1. The molecule has 1 fully saturated rings. The molecule has 5 heterocycles. The fourth-order valence-electron chi connectivity index (χ4n) is 3.80. The summed E-state index contributed by atoms with van der Waals surface area (Å²) >= 11 is 0. The second-order valence-corrected chi connectivity index (χ2v) is 8.45. The van der Waals surface area contributed by atoms with E-state index in [1.54, 1.807) is 30.5 Å². The number of hydrogen-bond donors (Lipinski definition) is 2. The Kier molecular flexibility index (Phi) is 6.19. The summed E-state index contributed by atoms with van der Waals surface area (Å²) < 4.78 is 66.7. The van der Waals surface area contributed by atoms with Gasteiger partial charge < -0.3 is 10.6 Å². The number of amides is 1. The maximum Gasteiger partial charge on any atom is 0.433 e. The maximum atomic E-state index is 13.1. The summed E-state index contributed by atoms with van der Waals surface area (Å²) in [6, 6.07) is 10.0. The molecule has 0 radical (unpaired) electrons. The van der Waals surface area contributed by atoms with E-state index < -0.39 is 17.8 Å². The highest BCUT2D eigenvalue weighted by atomic mass is 19.4. The van der Waals surface area contributed by atoms with Gasteiger partial charge in [-0.1, -0.05) is 6.07 Å². The number of nitrogens with one attached hydrogen (secondary N) is 2. The van der Waals surface area contributed by atoms with Crippen LogP contribution < -0.4 is 10.6 Å². The van der Waals surface area contributed by atoms with Crippen molar-refractivity contribution in [3.05, 3.63) is 60.6 Å². The smallest absolute Gasteiger partial charge is 0.338 e. The first-order chi connectivity index (χ1) is 17.6. The van der Waals surface area contributed by atoms with Crippen molar-refractivity contribution >= 4 is 28.7 Å². The maximum absolute atomic E-state index is 13.1. The molecule has 0 aromatic carbocycles. The standard InChI is InChI=1S/C23H19F5N8O/c24-22(25)12-35(13-22)10-7-19(37)32-18-11-14(6-8-29-18)30-21-16-4-2-9-36(16)34-20(33-21)15-3-1-5-17(31-15)23(26,27)28/h1-6,8-9,11H,7,10,12-13H2,(H2,29,30,32,33,34,37). The average Bonchev–Trinajstić information content (AvgIpc) is 3.30. The molecule has 0 bridgehead atoms. The zero-order chi connectivity index (χ0) is 26.2. The summed E-state index contributed by atoms with van der Waals surface area (Å²) in [7, 11) is 0. The fraction of sp³-hybridized carbons (Fsp3) is 0.261. The molecule has 14 heteroatoms. The molecule has 1 amide bonds. The second-order valence-electron chi connectivity index (χ2n) is 8.45. The van der Waals surface area contributed by atoms with E-state index in [9.17, 15) is 26.7 Å². The third-order valence-electron chi connectivity index (χ3n) is 5.51. The van der Waals surface area contributed by atoms with E-state index in [1.807, 2.05) is 0 Å². The monoisotopic (exact) mass is 518 g/mol. The van der Waals surface area contributed by atoms with Crippen molar-refractivity contribution in [2.24, 2.45) is 0 Å². The van der Waals surface area contributed by atoms with Gasteiger partial charge >= 0.3 is 6.18 Å². The highest BCUT2D eigenvalue weighted by Gasteiger charge is 2.43. The number of hydrogen-bond acceptors (Lipinski definition) is 7. The van der Waals surface area contributed by atoms with Crippen LogP contribution in [0.25, 0.3) is 17.0 Å². The van der Waals surface area contributed by atoms with Gasteiger partial charge in [0.25, 0.3) is 5.92 Å². The molecule has 0 spiro atoms. The molecule has 37 heavy (non-hydrogen) atoms. The van der Waals surface area contributed by atoms with Crippen LogP contribution in [0.4, 0.5) is 39.3 Å². The summed E-state index contributed by atoms with van der Waals surface area (Å²) in [6.45, 7) is -0.509. The molecule has 1 aliphatic rings. The lowest BCUT2D eigenvalue weighted by Gasteiger charge is -2.38. The lowest BCUT2D eigenvalue weighted by molar-refractivity contribution is -0.141. The number of pyridine rings is 2. The Morgan fingerprint density at radius 3 is 2.65 bits per heavy atom. The van der Waals surface area contributed by atoms with Crippen molar-refractivity contribution in [2.45, 2.75) is 18.5 Å². The van der Waals surface area contributed by atoms with E-state index in [2.05, 4.69) is 30.7 Å². The van der Waals surface area contributed by atoms with Crippen LogP contribution in [-0.2, 0) is 11.0 Å². The van der Waals surface area contributed by atoms with Crippen molar-refractivity contribution < 1.29 is 26.7 Å². The van der Waals surface area contributed by atoms with Gasteiger partial charge in [-0.3, -0.25) is 9.69 Å². The van der Waals surface area contributed by atoms with E-state index in [1.165, 1.54) is 27.7 Å². The number of carbonyl (C=O) groups is 1. The lowest BCUT2D eigenvalue weighted by atomic mass is 10.1. The molecular weight excluding hydrogens is 499 g/mol. The molecule has 0 unspecified atom stereocenters. The Bertz CT molecular complexity index is 1450. The minimum atomic E-state index is -4.62. The Labute approximate surface area is 206 Å². The summed E-state index contributed by atoms with van der Waals surface area (Å²) in [5.41, 5.74) is -0.0916. The largest absolute Gasteiger partial charge is 0.433 e. The first kappa shape index (κ1) is 24.5. The summed E-state index contributed by atoms with van der Waals surface area (Å²) in [4.78, 5) is 25.8. The predicted octanol–water partition coefficient (Wildman–Crippen LogP) is 4.23. The molecule has 0 aliphatic carbocycles. The number of carbonyl (C=O) groups excluding carboxylic acids is 1. The predicted molar refractivity (Wildman–Crippen MR) is 123 cm³/mol. The molecule has 0 atom stereocenters. The molecule has 0 saturated carbocycles. The lowest BCUT2D eigenvalue weighted by Crippen LogP contribution is -2.56. The van der Waals surface area contributed by atoms with Crippen LogP contribution in [0.1, 0.15) is 12.1 Å². The van der Waals surface area contributed by atoms with E-state index in [0.29, 0.717) is 11.2 Å². The van der Waals surface area contributed by atoms with E-state index in [0.717, 1.165) is 6.07 Å². The molecule has 9 nitrogen and oxygen atoms in total. The molecule has 192 valence electrons. The number of anilines is 3. The summed E-state index contributed by atoms with van der Waals surface area (Å²) in [6.07, 6.45) is -1.53. The molecule has 1 saturated heterocycles. The Balaban J connectivity index is 1.33. The second kappa shape index (κ2) is 9.35. The van der Waals surface area contributed by atoms with Crippen LogP contribution in [0.5, 0.6) is 0 Å². The van der Waals surface area contributed by atoms with Crippen molar-refractivity contribution in [1.29, 1.82) is 0 Å². The number of fused-ring (bicyclic) bond motifs is 1.